The van der Waals surface area contributed by atoms with Crippen LogP contribution in [0.3, 0.4) is 0 Å². The van der Waals surface area contributed by atoms with Gasteiger partial charge in [-0.25, -0.2) is 4.79 Å². The molecule has 1 amide bonds. The minimum atomic E-state index is -0.897. The van der Waals surface area contributed by atoms with E-state index >= 15 is 0 Å². The molecular formula is C13H14ClNO3. The molecule has 96 valence electrons. The summed E-state index contributed by atoms with van der Waals surface area (Å²) >= 11 is 5.77. The third-order valence-electron chi connectivity index (χ3n) is 2.32. The first-order valence-electron chi connectivity index (χ1n) is 5.37. The molecule has 0 aliphatic carbocycles. The van der Waals surface area contributed by atoms with E-state index in [2.05, 4.69) is 6.58 Å². The minimum Gasteiger partial charge on any atom is -0.446 e. The van der Waals surface area contributed by atoms with E-state index in [0.29, 0.717) is 11.4 Å². The van der Waals surface area contributed by atoms with Crippen LogP contribution in [0.4, 0.5) is 4.79 Å². The van der Waals surface area contributed by atoms with Crippen LogP contribution in [0.25, 0.3) is 0 Å². The Bertz CT molecular complexity index is 442. The van der Waals surface area contributed by atoms with Crippen molar-refractivity contribution in [2.24, 2.45) is 5.73 Å². The molecule has 2 N–H and O–H groups in total. The Balaban J connectivity index is 2.70. The topological polar surface area (TPSA) is 69.4 Å². The fraction of sp³-hybridized carbons (Fsp3) is 0.231. The fourth-order valence-electron chi connectivity index (χ4n) is 1.51. The van der Waals surface area contributed by atoms with Crippen molar-refractivity contribution in [1.82, 2.24) is 0 Å². The summed E-state index contributed by atoms with van der Waals surface area (Å²) in [5.41, 5.74) is 5.87. The molecule has 1 aromatic carbocycles. The van der Waals surface area contributed by atoms with Crippen LogP contribution in [0.2, 0.25) is 5.02 Å². The minimum absolute atomic E-state index is 0.0646. The van der Waals surface area contributed by atoms with Crippen molar-refractivity contribution in [2.75, 3.05) is 0 Å². The van der Waals surface area contributed by atoms with Crippen molar-refractivity contribution < 1.29 is 14.3 Å². The van der Waals surface area contributed by atoms with Crippen LogP contribution in [-0.4, -0.2) is 18.0 Å². The zero-order valence-corrected chi connectivity index (χ0v) is 10.5. The summed E-state index contributed by atoms with van der Waals surface area (Å²) in [6, 6.07) is 7.07. The van der Waals surface area contributed by atoms with Crippen LogP contribution in [-0.2, 0) is 16.0 Å². The lowest BCUT2D eigenvalue weighted by Crippen LogP contribution is -2.26. The quantitative estimate of drug-likeness (QED) is 0.805. The number of ketones is 1. The molecule has 0 saturated carbocycles. The standard InChI is InChI=1S/C13H14ClNO3/c1-2-11(16)8-12(18-13(15)17)7-9-3-5-10(14)6-4-9/h2-6,12H,1,7-8H2,(H2,15,17). The molecule has 0 aliphatic rings. The lowest BCUT2D eigenvalue weighted by atomic mass is 10.0. The number of halogens is 1. The van der Waals surface area contributed by atoms with Crippen LogP contribution in [0, 0.1) is 0 Å². The molecule has 1 unspecified atom stereocenters. The van der Waals surface area contributed by atoms with Crippen molar-refractivity contribution in [1.29, 1.82) is 0 Å². The Morgan fingerprint density at radius 1 is 1.39 bits per heavy atom. The molecule has 1 rings (SSSR count). The first-order valence-corrected chi connectivity index (χ1v) is 5.75. The summed E-state index contributed by atoms with van der Waals surface area (Å²) in [5, 5.41) is 0.619. The van der Waals surface area contributed by atoms with Gasteiger partial charge in [0.25, 0.3) is 0 Å². The SMILES string of the molecule is C=CC(=O)CC(Cc1ccc(Cl)cc1)OC(N)=O. The number of rotatable bonds is 6. The van der Waals surface area contributed by atoms with Crippen LogP contribution in [0.1, 0.15) is 12.0 Å². The lowest BCUT2D eigenvalue weighted by Gasteiger charge is -2.15. The molecule has 1 aromatic rings. The highest BCUT2D eigenvalue weighted by Crippen LogP contribution is 2.14. The molecule has 0 aromatic heterocycles. The average Bonchev–Trinajstić information content (AvgIpc) is 2.31. The van der Waals surface area contributed by atoms with Gasteiger partial charge >= 0.3 is 6.09 Å². The number of carbonyl (C=O) groups excluding carboxylic acids is 2. The summed E-state index contributed by atoms with van der Waals surface area (Å²) in [6.45, 7) is 3.37. The second kappa shape index (κ2) is 6.81. The smallest absolute Gasteiger partial charge is 0.404 e. The third kappa shape index (κ3) is 5.01. The van der Waals surface area contributed by atoms with E-state index in [0.717, 1.165) is 5.56 Å². The van der Waals surface area contributed by atoms with Gasteiger partial charge < -0.3 is 10.5 Å². The van der Waals surface area contributed by atoms with Crippen LogP contribution in [0.15, 0.2) is 36.9 Å². The Morgan fingerprint density at radius 3 is 2.50 bits per heavy atom. The van der Waals surface area contributed by atoms with E-state index < -0.39 is 12.2 Å². The zero-order chi connectivity index (χ0) is 13.5. The maximum atomic E-state index is 11.3. The largest absolute Gasteiger partial charge is 0.446 e. The van der Waals surface area contributed by atoms with Gasteiger partial charge in [-0.1, -0.05) is 30.3 Å². The highest BCUT2D eigenvalue weighted by atomic mass is 35.5. The lowest BCUT2D eigenvalue weighted by molar-refractivity contribution is -0.116. The van der Waals surface area contributed by atoms with Crippen LogP contribution < -0.4 is 5.73 Å². The van der Waals surface area contributed by atoms with E-state index in [-0.39, 0.29) is 12.2 Å². The average molecular weight is 268 g/mol. The molecule has 4 nitrogen and oxygen atoms in total. The van der Waals surface area contributed by atoms with Gasteiger partial charge in [0, 0.05) is 17.9 Å². The van der Waals surface area contributed by atoms with Gasteiger partial charge in [0.2, 0.25) is 0 Å². The number of primary amides is 1. The Morgan fingerprint density at radius 2 is 2.00 bits per heavy atom. The number of allylic oxidation sites excluding steroid dienone is 1. The van der Waals surface area contributed by atoms with Gasteiger partial charge in [-0.3, -0.25) is 4.79 Å². The van der Waals surface area contributed by atoms with E-state index in [4.69, 9.17) is 22.1 Å². The second-order valence-corrected chi connectivity index (χ2v) is 4.20. The van der Waals surface area contributed by atoms with Gasteiger partial charge in [0.1, 0.15) is 6.10 Å². The molecule has 18 heavy (non-hydrogen) atoms. The zero-order valence-electron chi connectivity index (χ0n) is 9.77. The summed E-state index contributed by atoms with van der Waals surface area (Å²) in [5.74, 6) is -0.199. The molecular weight excluding hydrogens is 254 g/mol. The molecule has 0 fully saturated rings. The number of hydrogen-bond donors (Lipinski definition) is 1. The van der Waals surface area contributed by atoms with Crippen LogP contribution >= 0.6 is 11.6 Å². The number of carbonyl (C=O) groups is 2. The molecule has 0 heterocycles. The predicted molar refractivity (Wildman–Crippen MR) is 69.4 cm³/mol. The predicted octanol–water partition coefficient (Wildman–Crippen LogP) is 2.49. The first kappa shape index (κ1) is 14.3. The van der Waals surface area contributed by atoms with Gasteiger partial charge in [-0.15, -0.1) is 0 Å². The molecule has 0 radical (unpaired) electrons. The molecule has 1 atom stereocenters. The highest BCUT2D eigenvalue weighted by molar-refractivity contribution is 6.30. The number of hydrogen-bond acceptors (Lipinski definition) is 3. The summed E-state index contributed by atoms with van der Waals surface area (Å²) in [6.07, 6.45) is 0.175. The first-order chi connectivity index (χ1) is 8.51. The van der Waals surface area contributed by atoms with Crippen molar-refractivity contribution >= 4 is 23.5 Å². The normalized spacial score (nSPS) is 11.6. The highest BCUT2D eigenvalue weighted by Gasteiger charge is 2.16. The van der Waals surface area contributed by atoms with Crippen LogP contribution in [0.5, 0.6) is 0 Å². The van der Waals surface area contributed by atoms with E-state index in [1.165, 1.54) is 6.08 Å². The Kier molecular flexibility index (Phi) is 5.39. The van der Waals surface area contributed by atoms with Crippen molar-refractivity contribution in [3.05, 3.63) is 47.5 Å². The van der Waals surface area contributed by atoms with Gasteiger partial charge in [-0.2, -0.15) is 0 Å². The van der Waals surface area contributed by atoms with Gasteiger partial charge in [0.05, 0.1) is 0 Å². The van der Waals surface area contributed by atoms with Gasteiger partial charge in [0.15, 0.2) is 5.78 Å². The second-order valence-electron chi connectivity index (χ2n) is 3.76. The van der Waals surface area contributed by atoms with E-state index in [1.807, 2.05) is 0 Å². The third-order valence-corrected chi connectivity index (χ3v) is 2.57. The van der Waals surface area contributed by atoms with E-state index in [1.54, 1.807) is 24.3 Å². The number of amides is 1. The summed E-state index contributed by atoms with van der Waals surface area (Å²) < 4.78 is 4.89. The molecule has 5 heteroatoms. The molecule has 0 bridgehead atoms. The van der Waals surface area contributed by atoms with Crippen molar-refractivity contribution in [3.63, 3.8) is 0 Å². The molecule has 0 aliphatic heterocycles. The van der Waals surface area contributed by atoms with E-state index in [9.17, 15) is 9.59 Å². The van der Waals surface area contributed by atoms with Crippen molar-refractivity contribution in [3.8, 4) is 0 Å². The fourth-order valence-corrected chi connectivity index (χ4v) is 1.64. The number of ether oxygens (including phenoxy) is 1. The maximum absolute atomic E-state index is 11.3. The Hall–Kier alpha value is -1.81. The molecule has 0 saturated heterocycles. The van der Waals surface area contributed by atoms with Crippen molar-refractivity contribution in [2.45, 2.75) is 18.9 Å². The monoisotopic (exact) mass is 267 g/mol. The number of benzene rings is 1. The number of nitrogens with two attached hydrogens (primary N) is 1. The summed E-state index contributed by atoms with van der Waals surface area (Å²) in [4.78, 5) is 22.0. The maximum Gasteiger partial charge on any atom is 0.404 e. The molecule has 0 spiro atoms. The van der Waals surface area contributed by atoms with Gasteiger partial charge in [-0.05, 0) is 23.8 Å². The summed E-state index contributed by atoms with van der Waals surface area (Å²) in [7, 11) is 0. The Labute approximate surface area is 110 Å².